The van der Waals surface area contributed by atoms with Gasteiger partial charge in [-0.15, -0.1) is 0 Å². The molecule has 94 valence electrons. The maximum absolute atomic E-state index is 11.7. The van der Waals surface area contributed by atoms with Crippen LogP contribution in [0.4, 0.5) is 10.6 Å². The first-order chi connectivity index (χ1) is 8.28. The molecule has 0 bridgehead atoms. The number of urea groups is 1. The third-order valence-electron chi connectivity index (χ3n) is 3.15. The van der Waals surface area contributed by atoms with Crippen LogP contribution in [0.2, 0.25) is 0 Å². The van der Waals surface area contributed by atoms with E-state index in [4.69, 9.17) is 0 Å². The molecule has 0 aromatic carbocycles. The smallest absolute Gasteiger partial charge is 0.320 e. The summed E-state index contributed by atoms with van der Waals surface area (Å²) in [6, 6.07) is 2.00. The minimum Gasteiger partial charge on any atom is -0.335 e. The molecule has 0 aliphatic heterocycles. The van der Waals surface area contributed by atoms with Crippen molar-refractivity contribution in [3.05, 3.63) is 12.3 Å². The van der Waals surface area contributed by atoms with Crippen molar-refractivity contribution < 1.29 is 4.79 Å². The zero-order chi connectivity index (χ0) is 12.1. The number of rotatable bonds is 3. The first-order valence-electron chi connectivity index (χ1n) is 6.39. The molecule has 2 rings (SSSR count). The largest absolute Gasteiger partial charge is 0.335 e. The minimum atomic E-state index is -0.141. The average molecular weight is 236 g/mol. The van der Waals surface area contributed by atoms with E-state index in [-0.39, 0.29) is 6.03 Å². The van der Waals surface area contributed by atoms with Gasteiger partial charge < -0.3 is 5.32 Å². The molecule has 0 spiro atoms. The lowest BCUT2D eigenvalue weighted by Gasteiger charge is -2.22. The number of carbonyl (C=O) groups excluding carboxylic acids is 1. The van der Waals surface area contributed by atoms with Crippen molar-refractivity contribution in [1.82, 2.24) is 15.1 Å². The molecule has 0 unspecified atom stereocenters. The van der Waals surface area contributed by atoms with Crippen LogP contribution >= 0.6 is 0 Å². The van der Waals surface area contributed by atoms with Gasteiger partial charge in [0.2, 0.25) is 0 Å². The predicted molar refractivity (Wildman–Crippen MR) is 66.9 cm³/mol. The second-order valence-corrected chi connectivity index (χ2v) is 4.49. The molecule has 0 atom stereocenters. The Kier molecular flexibility index (Phi) is 4.01. The summed E-state index contributed by atoms with van der Waals surface area (Å²) in [5.74, 6) is 0.611. The normalized spacial score (nSPS) is 16.8. The van der Waals surface area contributed by atoms with Crippen LogP contribution in [0.1, 0.15) is 39.0 Å². The molecule has 1 aliphatic carbocycles. The summed E-state index contributed by atoms with van der Waals surface area (Å²) >= 11 is 0. The van der Waals surface area contributed by atoms with E-state index in [9.17, 15) is 4.79 Å². The fourth-order valence-electron chi connectivity index (χ4n) is 2.19. The Labute approximate surface area is 102 Å². The van der Waals surface area contributed by atoms with Crippen molar-refractivity contribution in [2.75, 3.05) is 5.32 Å². The van der Waals surface area contributed by atoms with Gasteiger partial charge in [0.05, 0.1) is 0 Å². The van der Waals surface area contributed by atoms with Gasteiger partial charge in [-0.05, 0) is 19.8 Å². The van der Waals surface area contributed by atoms with Gasteiger partial charge >= 0.3 is 6.03 Å². The zero-order valence-corrected chi connectivity index (χ0v) is 10.3. The highest BCUT2D eigenvalue weighted by atomic mass is 16.2. The Bertz CT molecular complexity index is 368. The monoisotopic (exact) mass is 236 g/mol. The highest BCUT2D eigenvalue weighted by Crippen LogP contribution is 2.17. The third-order valence-corrected chi connectivity index (χ3v) is 3.15. The van der Waals surface area contributed by atoms with Gasteiger partial charge in [0.15, 0.2) is 5.82 Å². The van der Waals surface area contributed by atoms with Crippen LogP contribution < -0.4 is 10.6 Å². The van der Waals surface area contributed by atoms with Gasteiger partial charge in [-0.2, -0.15) is 5.10 Å². The molecule has 5 heteroatoms. The Hall–Kier alpha value is -1.52. The first kappa shape index (κ1) is 12.0. The number of aromatic nitrogens is 2. The molecule has 5 nitrogen and oxygen atoms in total. The molecule has 2 N–H and O–H groups in total. The van der Waals surface area contributed by atoms with E-state index in [1.165, 1.54) is 19.3 Å². The van der Waals surface area contributed by atoms with Crippen LogP contribution in [0.15, 0.2) is 12.3 Å². The number of anilines is 1. The molecule has 1 heterocycles. The topological polar surface area (TPSA) is 59.0 Å². The number of amides is 2. The van der Waals surface area contributed by atoms with E-state index in [0.29, 0.717) is 11.9 Å². The quantitative estimate of drug-likeness (QED) is 0.846. The van der Waals surface area contributed by atoms with Crippen LogP contribution in [0.5, 0.6) is 0 Å². The maximum atomic E-state index is 11.7. The summed E-state index contributed by atoms with van der Waals surface area (Å²) in [5.41, 5.74) is 0. The van der Waals surface area contributed by atoms with Crippen LogP contribution in [-0.4, -0.2) is 21.9 Å². The first-order valence-corrected chi connectivity index (χ1v) is 6.39. The van der Waals surface area contributed by atoms with Crippen LogP contribution in [0, 0.1) is 0 Å². The number of hydrogen-bond donors (Lipinski definition) is 2. The Morgan fingerprint density at radius 3 is 2.88 bits per heavy atom. The fraction of sp³-hybridized carbons (Fsp3) is 0.667. The number of nitrogens with one attached hydrogen (secondary N) is 2. The summed E-state index contributed by atoms with van der Waals surface area (Å²) in [6.07, 6.45) is 7.77. The van der Waals surface area contributed by atoms with Gasteiger partial charge in [-0.3, -0.25) is 10.00 Å². The second kappa shape index (κ2) is 5.70. The number of hydrogen-bond acceptors (Lipinski definition) is 2. The third kappa shape index (κ3) is 3.47. The lowest BCUT2D eigenvalue weighted by atomic mass is 9.96. The lowest BCUT2D eigenvalue weighted by molar-refractivity contribution is 0.244. The highest BCUT2D eigenvalue weighted by Gasteiger charge is 2.15. The molecular formula is C12H20N4O. The van der Waals surface area contributed by atoms with Crippen molar-refractivity contribution >= 4 is 11.8 Å². The lowest BCUT2D eigenvalue weighted by Crippen LogP contribution is -2.39. The van der Waals surface area contributed by atoms with Crippen LogP contribution in [0.3, 0.4) is 0 Å². The number of carbonyl (C=O) groups is 1. The van der Waals surface area contributed by atoms with E-state index in [2.05, 4.69) is 15.7 Å². The van der Waals surface area contributed by atoms with Gasteiger partial charge in [0, 0.05) is 24.8 Å². The molecule has 1 aromatic rings. The van der Waals surface area contributed by atoms with E-state index in [1.807, 2.05) is 19.2 Å². The van der Waals surface area contributed by atoms with Gasteiger partial charge in [0.1, 0.15) is 0 Å². The summed E-state index contributed by atoms with van der Waals surface area (Å²) < 4.78 is 1.79. The second-order valence-electron chi connectivity index (χ2n) is 4.49. The molecule has 0 radical (unpaired) electrons. The molecule has 1 aromatic heterocycles. The Morgan fingerprint density at radius 1 is 1.47 bits per heavy atom. The maximum Gasteiger partial charge on any atom is 0.320 e. The fourth-order valence-corrected chi connectivity index (χ4v) is 2.19. The predicted octanol–water partition coefficient (Wildman–Crippen LogP) is 2.36. The molecular weight excluding hydrogens is 216 g/mol. The van der Waals surface area contributed by atoms with Crippen molar-refractivity contribution in [3.63, 3.8) is 0 Å². The van der Waals surface area contributed by atoms with Crippen molar-refractivity contribution in [2.45, 2.75) is 51.6 Å². The number of nitrogens with zero attached hydrogens (tertiary/aromatic N) is 2. The van der Waals surface area contributed by atoms with Gasteiger partial charge in [0.25, 0.3) is 0 Å². The van der Waals surface area contributed by atoms with Crippen LogP contribution in [-0.2, 0) is 6.54 Å². The van der Waals surface area contributed by atoms with E-state index in [1.54, 1.807) is 4.68 Å². The minimum absolute atomic E-state index is 0.141. The summed E-state index contributed by atoms with van der Waals surface area (Å²) in [5, 5.41) is 9.96. The molecule has 2 amide bonds. The summed E-state index contributed by atoms with van der Waals surface area (Å²) in [4.78, 5) is 11.7. The standard InChI is InChI=1S/C12H20N4O/c1-2-16-9-8-11(15-16)14-12(17)13-10-6-4-3-5-7-10/h8-10H,2-7H2,1H3,(H2,13,14,15,17). The Morgan fingerprint density at radius 2 is 2.24 bits per heavy atom. The molecule has 1 aliphatic rings. The summed E-state index contributed by atoms with van der Waals surface area (Å²) in [6.45, 7) is 2.82. The van der Waals surface area contributed by atoms with E-state index >= 15 is 0 Å². The van der Waals surface area contributed by atoms with Crippen molar-refractivity contribution in [3.8, 4) is 0 Å². The van der Waals surface area contributed by atoms with Gasteiger partial charge in [-0.25, -0.2) is 4.79 Å². The molecule has 0 saturated heterocycles. The molecule has 1 saturated carbocycles. The van der Waals surface area contributed by atoms with Gasteiger partial charge in [-0.1, -0.05) is 19.3 Å². The number of aryl methyl sites for hydroxylation is 1. The molecule has 1 fully saturated rings. The zero-order valence-electron chi connectivity index (χ0n) is 10.3. The SMILES string of the molecule is CCn1ccc(NC(=O)NC2CCCCC2)n1. The van der Waals surface area contributed by atoms with Crippen molar-refractivity contribution in [2.24, 2.45) is 0 Å². The highest BCUT2D eigenvalue weighted by molar-refractivity contribution is 5.88. The Balaban J connectivity index is 1.79. The van der Waals surface area contributed by atoms with E-state index in [0.717, 1.165) is 19.4 Å². The summed E-state index contributed by atoms with van der Waals surface area (Å²) in [7, 11) is 0. The van der Waals surface area contributed by atoms with Crippen LogP contribution in [0.25, 0.3) is 0 Å². The average Bonchev–Trinajstić information content (AvgIpc) is 2.78. The molecule has 17 heavy (non-hydrogen) atoms. The van der Waals surface area contributed by atoms with E-state index < -0.39 is 0 Å². The van der Waals surface area contributed by atoms with Crippen molar-refractivity contribution in [1.29, 1.82) is 0 Å².